The number of H-pyrrole nitrogens is 2. The number of benzene rings is 1. The molecule has 0 atom stereocenters. The Hall–Kier alpha value is -3.92. The molecule has 6 rings (SSSR count). The fourth-order valence-corrected chi connectivity index (χ4v) is 4.53. The largest absolute Gasteiger partial charge is 0.367 e. The van der Waals surface area contributed by atoms with Gasteiger partial charge >= 0.3 is 0 Å². The van der Waals surface area contributed by atoms with Gasteiger partial charge in [-0.3, -0.25) is 4.98 Å². The van der Waals surface area contributed by atoms with Gasteiger partial charge in [-0.15, -0.1) is 10.2 Å². The Balaban J connectivity index is 1.45. The van der Waals surface area contributed by atoms with E-state index in [0.717, 1.165) is 65.0 Å². The van der Waals surface area contributed by atoms with Crippen LogP contribution < -0.4 is 11.1 Å². The number of nitrogens with one attached hydrogen (secondary N) is 3. The van der Waals surface area contributed by atoms with Crippen molar-refractivity contribution >= 4 is 27.9 Å². The number of hydrogen-bond donors (Lipinski definition) is 4. The summed E-state index contributed by atoms with van der Waals surface area (Å²) < 4.78 is 0. The van der Waals surface area contributed by atoms with Gasteiger partial charge in [-0.25, -0.2) is 9.97 Å². The second-order valence-corrected chi connectivity index (χ2v) is 8.61. The Morgan fingerprint density at radius 3 is 2.70 bits per heavy atom. The molecule has 1 aliphatic carbocycles. The first kappa shape index (κ1) is 19.7. The van der Waals surface area contributed by atoms with Crippen LogP contribution >= 0.6 is 0 Å². The maximum absolute atomic E-state index is 6.12. The van der Waals surface area contributed by atoms with Crippen molar-refractivity contribution in [3.63, 3.8) is 0 Å². The van der Waals surface area contributed by atoms with Gasteiger partial charge in [-0.2, -0.15) is 5.21 Å². The number of aromatic nitrogens is 8. The lowest BCUT2D eigenvalue weighted by Gasteiger charge is -2.27. The number of anilines is 1. The van der Waals surface area contributed by atoms with Gasteiger partial charge in [0.1, 0.15) is 22.8 Å². The van der Waals surface area contributed by atoms with Crippen molar-refractivity contribution in [2.24, 2.45) is 5.73 Å². The third-order valence-corrected chi connectivity index (χ3v) is 6.25. The van der Waals surface area contributed by atoms with Gasteiger partial charge in [-0.05, 0) is 42.5 Å². The molecule has 0 saturated heterocycles. The molecule has 1 fully saturated rings. The highest BCUT2D eigenvalue weighted by Crippen LogP contribution is 2.32. The maximum atomic E-state index is 6.12. The second-order valence-electron chi connectivity index (χ2n) is 8.61. The van der Waals surface area contributed by atoms with Crippen molar-refractivity contribution in [2.75, 3.05) is 5.32 Å². The molecular formula is C23H24N10. The minimum atomic E-state index is 0.292. The SMILES string of the molecule is NC1CCC(Nc2nc(Cc3ccccc3)nc3[nH]c4cc(-c5nn[nH]n5)cnc4c23)CC1. The van der Waals surface area contributed by atoms with Crippen LogP contribution in [0.1, 0.15) is 37.1 Å². The molecule has 10 heteroatoms. The quantitative estimate of drug-likeness (QED) is 0.326. The predicted octanol–water partition coefficient (Wildman–Crippen LogP) is 2.96. The molecule has 5 N–H and O–H groups in total. The molecule has 1 saturated carbocycles. The van der Waals surface area contributed by atoms with E-state index in [1.807, 2.05) is 24.3 Å². The van der Waals surface area contributed by atoms with E-state index in [2.05, 4.69) is 43.1 Å². The van der Waals surface area contributed by atoms with E-state index >= 15 is 0 Å². The molecular weight excluding hydrogens is 416 g/mol. The first-order valence-corrected chi connectivity index (χ1v) is 11.2. The molecule has 4 heterocycles. The fourth-order valence-electron chi connectivity index (χ4n) is 4.53. The molecule has 0 bridgehead atoms. The van der Waals surface area contributed by atoms with E-state index in [4.69, 9.17) is 20.7 Å². The average molecular weight is 441 g/mol. The Morgan fingerprint density at radius 1 is 1.06 bits per heavy atom. The smallest absolute Gasteiger partial charge is 0.206 e. The van der Waals surface area contributed by atoms with Crippen LogP contribution in [0, 0.1) is 0 Å². The Morgan fingerprint density at radius 2 is 1.91 bits per heavy atom. The first-order chi connectivity index (χ1) is 16.2. The average Bonchev–Trinajstić information content (AvgIpc) is 3.49. The highest BCUT2D eigenvalue weighted by atomic mass is 15.5. The number of aromatic amines is 2. The summed E-state index contributed by atoms with van der Waals surface area (Å²) in [6.45, 7) is 0. The van der Waals surface area contributed by atoms with Crippen LogP contribution in [0.4, 0.5) is 5.82 Å². The van der Waals surface area contributed by atoms with E-state index in [1.165, 1.54) is 5.56 Å². The van der Waals surface area contributed by atoms with Crippen molar-refractivity contribution < 1.29 is 0 Å². The minimum Gasteiger partial charge on any atom is -0.367 e. The Labute approximate surface area is 189 Å². The molecule has 4 aromatic heterocycles. The highest BCUT2D eigenvalue weighted by Gasteiger charge is 2.22. The molecule has 166 valence electrons. The lowest BCUT2D eigenvalue weighted by atomic mass is 9.92. The normalized spacial score (nSPS) is 18.7. The number of nitrogens with zero attached hydrogens (tertiary/aromatic N) is 6. The van der Waals surface area contributed by atoms with E-state index in [-0.39, 0.29) is 0 Å². The minimum absolute atomic E-state index is 0.292. The lowest BCUT2D eigenvalue weighted by molar-refractivity contribution is 0.410. The number of rotatable bonds is 5. The van der Waals surface area contributed by atoms with Gasteiger partial charge < -0.3 is 16.0 Å². The number of nitrogens with two attached hydrogens (primary N) is 1. The maximum Gasteiger partial charge on any atom is 0.206 e. The molecule has 0 spiro atoms. The van der Waals surface area contributed by atoms with Gasteiger partial charge in [0.15, 0.2) is 0 Å². The lowest BCUT2D eigenvalue weighted by Crippen LogP contribution is -2.33. The van der Waals surface area contributed by atoms with Crippen molar-refractivity contribution in [3.05, 3.63) is 54.0 Å². The molecule has 33 heavy (non-hydrogen) atoms. The molecule has 0 unspecified atom stereocenters. The van der Waals surface area contributed by atoms with E-state index in [1.54, 1.807) is 6.20 Å². The van der Waals surface area contributed by atoms with Crippen molar-refractivity contribution in [2.45, 2.75) is 44.2 Å². The van der Waals surface area contributed by atoms with Gasteiger partial charge in [0.2, 0.25) is 5.82 Å². The zero-order valence-electron chi connectivity index (χ0n) is 18.0. The molecule has 10 nitrogen and oxygen atoms in total. The zero-order chi connectivity index (χ0) is 22.2. The molecule has 1 aromatic carbocycles. The topological polar surface area (TPSA) is 147 Å². The van der Waals surface area contributed by atoms with E-state index < -0.39 is 0 Å². The monoisotopic (exact) mass is 440 g/mol. The summed E-state index contributed by atoms with van der Waals surface area (Å²) in [5, 5.41) is 18.8. The summed E-state index contributed by atoms with van der Waals surface area (Å²) >= 11 is 0. The van der Waals surface area contributed by atoms with Crippen LogP contribution in [0.5, 0.6) is 0 Å². The van der Waals surface area contributed by atoms with Gasteiger partial charge in [0, 0.05) is 30.3 Å². The van der Waals surface area contributed by atoms with Gasteiger partial charge in [-0.1, -0.05) is 30.3 Å². The molecule has 1 aliphatic rings. The molecule has 0 amide bonds. The number of hydrogen-bond acceptors (Lipinski definition) is 8. The van der Waals surface area contributed by atoms with Crippen molar-refractivity contribution in [3.8, 4) is 11.4 Å². The summed E-state index contributed by atoms with van der Waals surface area (Å²) in [5.41, 5.74) is 10.5. The second kappa shape index (κ2) is 8.21. The van der Waals surface area contributed by atoms with Crippen molar-refractivity contribution in [1.82, 2.24) is 40.6 Å². The van der Waals surface area contributed by atoms with Crippen LogP contribution in [-0.2, 0) is 6.42 Å². The summed E-state index contributed by atoms with van der Waals surface area (Å²) in [7, 11) is 0. The molecule has 0 aliphatic heterocycles. The van der Waals surface area contributed by atoms with Crippen LogP contribution in [0.25, 0.3) is 33.5 Å². The number of fused-ring (bicyclic) bond motifs is 3. The Kier molecular flexibility index (Phi) is 4.91. The van der Waals surface area contributed by atoms with Crippen LogP contribution in [-0.4, -0.2) is 52.6 Å². The summed E-state index contributed by atoms with van der Waals surface area (Å²) in [4.78, 5) is 17.9. The van der Waals surface area contributed by atoms with Crippen LogP contribution in [0.15, 0.2) is 42.6 Å². The standard InChI is InChI=1S/C23H24N10/c24-15-6-8-16(9-7-15)26-22-19-20-17(11-14(12-25-20)21-30-32-33-31-21)27-23(19)29-18(28-22)10-13-4-2-1-3-5-13/h1-5,11-12,15-16H,6-10,24H2,(H2,26,27,28,29)(H,30,31,32,33). The predicted molar refractivity (Wildman–Crippen MR) is 125 cm³/mol. The van der Waals surface area contributed by atoms with E-state index in [9.17, 15) is 0 Å². The Bertz CT molecular complexity index is 1390. The third-order valence-electron chi connectivity index (χ3n) is 6.25. The van der Waals surface area contributed by atoms with Crippen LogP contribution in [0.3, 0.4) is 0 Å². The summed E-state index contributed by atoms with van der Waals surface area (Å²) in [5.74, 6) is 2.07. The fraction of sp³-hybridized carbons (Fsp3) is 0.304. The number of pyridine rings is 1. The highest BCUT2D eigenvalue weighted by molar-refractivity contribution is 6.09. The van der Waals surface area contributed by atoms with Gasteiger partial charge in [0.05, 0.1) is 10.9 Å². The van der Waals surface area contributed by atoms with Crippen molar-refractivity contribution in [1.29, 1.82) is 0 Å². The first-order valence-electron chi connectivity index (χ1n) is 11.2. The van der Waals surface area contributed by atoms with Crippen LogP contribution in [0.2, 0.25) is 0 Å². The summed E-state index contributed by atoms with van der Waals surface area (Å²) in [6, 6.07) is 12.8. The van der Waals surface area contributed by atoms with E-state index in [0.29, 0.717) is 24.3 Å². The summed E-state index contributed by atoms with van der Waals surface area (Å²) in [6.07, 6.45) is 6.49. The number of tetrazole rings is 1. The third kappa shape index (κ3) is 3.89. The molecule has 5 aromatic rings. The molecule has 0 radical (unpaired) electrons. The zero-order valence-corrected chi connectivity index (χ0v) is 18.0. The van der Waals surface area contributed by atoms with Gasteiger partial charge in [0.25, 0.3) is 0 Å².